The summed E-state index contributed by atoms with van der Waals surface area (Å²) in [6.45, 7) is 3.98. The van der Waals surface area contributed by atoms with Crippen LogP contribution in [0.5, 0.6) is 0 Å². The van der Waals surface area contributed by atoms with Gasteiger partial charge < -0.3 is 0 Å². The zero-order valence-corrected chi connectivity index (χ0v) is 19.7. The second-order valence-corrected chi connectivity index (χ2v) is 9.26. The lowest BCUT2D eigenvalue weighted by molar-refractivity contribution is 0.925. The van der Waals surface area contributed by atoms with Crippen molar-refractivity contribution in [1.29, 1.82) is 0 Å². The largest absolute Gasteiger partial charge is 0.268 e. The van der Waals surface area contributed by atoms with Crippen molar-refractivity contribution >= 4 is 51.6 Å². The molecular weight excluding hydrogens is 463 g/mol. The van der Waals surface area contributed by atoms with E-state index in [-0.39, 0.29) is 5.56 Å². The molecule has 2 aromatic heterocycles. The van der Waals surface area contributed by atoms with Crippen LogP contribution in [0.2, 0.25) is 10.0 Å². The van der Waals surface area contributed by atoms with Gasteiger partial charge in [-0.25, -0.2) is 4.57 Å². The van der Waals surface area contributed by atoms with E-state index in [2.05, 4.69) is 10.2 Å². The molecule has 0 amide bonds. The number of aryl methyl sites for hydroxylation is 2. The Balaban J connectivity index is 1.76. The van der Waals surface area contributed by atoms with Crippen LogP contribution in [0.1, 0.15) is 16.7 Å². The highest BCUT2D eigenvalue weighted by Gasteiger charge is 2.20. The molecule has 5 nitrogen and oxygen atoms in total. The first-order valence-corrected chi connectivity index (χ1v) is 11.7. The van der Waals surface area contributed by atoms with E-state index in [0.29, 0.717) is 32.1 Å². The lowest BCUT2D eigenvalue weighted by atomic mass is 10.1. The number of thioether (sulfide) groups is 1. The number of halogens is 2. The summed E-state index contributed by atoms with van der Waals surface area (Å²) in [5.41, 5.74) is 4.28. The Hall–Kier alpha value is -2.80. The van der Waals surface area contributed by atoms with E-state index >= 15 is 0 Å². The summed E-state index contributed by atoms with van der Waals surface area (Å²) in [5, 5.41) is 11.3. The molecular formula is C24H18Cl2N4OS. The zero-order valence-electron chi connectivity index (χ0n) is 17.3. The van der Waals surface area contributed by atoms with Gasteiger partial charge in [0.2, 0.25) is 5.78 Å². The van der Waals surface area contributed by atoms with Crippen molar-refractivity contribution in [2.45, 2.75) is 24.8 Å². The summed E-state index contributed by atoms with van der Waals surface area (Å²) in [5.74, 6) is 0.995. The summed E-state index contributed by atoms with van der Waals surface area (Å²) in [6, 6.07) is 18.9. The molecule has 0 aliphatic carbocycles. The molecule has 5 rings (SSSR count). The molecule has 0 radical (unpaired) electrons. The van der Waals surface area contributed by atoms with Gasteiger partial charge in [0.1, 0.15) is 0 Å². The maximum absolute atomic E-state index is 13.6. The van der Waals surface area contributed by atoms with Gasteiger partial charge in [0.05, 0.1) is 16.6 Å². The van der Waals surface area contributed by atoms with Gasteiger partial charge in [-0.05, 0) is 54.8 Å². The van der Waals surface area contributed by atoms with Crippen molar-refractivity contribution in [3.63, 3.8) is 0 Å². The number of hydrogen-bond acceptors (Lipinski definition) is 4. The molecule has 0 aliphatic rings. The van der Waals surface area contributed by atoms with E-state index in [9.17, 15) is 4.79 Å². The van der Waals surface area contributed by atoms with Crippen LogP contribution in [-0.4, -0.2) is 19.2 Å². The Bertz CT molecular complexity index is 1520. The summed E-state index contributed by atoms with van der Waals surface area (Å²) in [7, 11) is 0. The molecule has 0 N–H and O–H groups in total. The molecule has 0 saturated carbocycles. The maximum Gasteiger partial charge on any atom is 0.267 e. The predicted octanol–water partition coefficient (Wildman–Crippen LogP) is 6.25. The minimum Gasteiger partial charge on any atom is -0.268 e. The lowest BCUT2D eigenvalue weighted by Gasteiger charge is -2.15. The molecule has 3 aromatic carbocycles. The highest BCUT2D eigenvalue weighted by molar-refractivity contribution is 7.98. The summed E-state index contributed by atoms with van der Waals surface area (Å²) in [4.78, 5) is 13.6. The van der Waals surface area contributed by atoms with Gasteiger partial charge in [-0.15, -0.1) is 10.2 Å². The second kappa shape index (κ2) is 8.28. The van der Waals surface area contributed by atoms with Crippen LogP contribution >= 0.6 is 35.0 Å². The maximum atomic E-state index is 13.6. The summed E-state index contributed by atoms with van der Waals surface area (Å²) in [6.07, 6.45) is 0. The number of benzene rings is 3. The first kappa shape index (κ1) is 21.1. The SMILES string of the molecule is Cc1cccc(C)c1-n1c(=O)c2ccccc2n2c(SCc3c(Cl)cccc3Cl)nnc12. The van der Waals surface area contributed by atoms with Crippen molar-refractivity contribution in [2.75, 3.05) is 0 Å². The standard InChI is InChI=1S/C24H18Cl2N4OS/c1-14-7-5-8-15(2)21(14)30-22(31)16-9-3-4-12-20(16)29-23(30)27-28-24(29)32-13-17-18(25)10-6-11-19(17)26/h3-12H,13H2,1-2H3. The van der Waals surface area contributed by atoms with Gasteiger partial charge in [-0.1, -0.05) is 71.4 Å². The lowest BCUT2D eigenvalue weighted by Crippen LogP contribution is -2.23. The van der Waals surface area contributed by atoms with Crippen LogP contribution < -0.4 is 5.56 Å². The minimum absolute atomic E-state index is 0.122. The highest BCUT2D eigenvalue weighted by atomic mass is 35.5. The average Bonchev–Trinajstić information content (AvgIpc) is 3.19. The van der Waals surface area contributed by atoms with Crippen LogP contribution in [0.25, 0.3) is 22.4 Å². The minimum atomic E-state index is -0.122. The van der Waals surface area contributed by atoms with Crippen LogP contribution in [0.3, 0.4) is 0 Å². The van der Waals surface area contributed by atoms with Crippen molar-refractivity contribution in [2.24, 2.45) is 0 Å². The zero-order chi connectivity index (χ0) is 22.4. The van der Waals surface area contributed by atoms with Gasteiger partial charge in [-0.3, -0.25) is 9.20 Å². The first-order valence-electron chi connectivity index (χ1n) is 9.98. The van der Waals surface area contributed by atoms with Gasteiger partial charge in [0, 0.05) is 15.8 Å². The first-order chi connectivity index (χ1) is 15.5. The topological polar surface area (TPSA) is 52.2 Å². The quantitative estimate of drug-likeness (QED) is 0.285. The number of para-hydroxylation sites is 2. The van der Waals surface area contributed by atoms with Crippen LogP contribution in [-0.2, 0) is 5.75 Å². The Morgan fingerprint density at radius 3 is 2.25 bits per heavy atom. The predicted molar refractivity (Wildman–Crippen MR) is 132 cm³/mol. The van der Waals surface area contributed by atoms with E-state index in [4.69, 9.17) is 23.2 Å². The van der Waals surface area contributed by atoms with E-state index in [1.54, 1.807) is 4.57 Å². The molecule has 8 heteroatoms. The van der Waals surface area contributed by atoms with E-state index < -0.39 is 0 Å². The smallest absolute Gasteiger partial charge is 0.267 e. The Morgan fingerprint density at radius 1 is 0.875 bits per heavy atom. The summed E-state index contributed by atoms with van der Waals surface area (Å²) >= 11 is 14.2. The van der Waals surface area contributed by atoms with Gasteiger partial charge in [0.25, 0.3) is 5.56 Å². The van der Waals surface area contributed by atoms with Crippen molar-refractivity contribution in [3.8, 4) is 5.69 Å². The molecule has 0 fully saturated rings. The molecule has 0 unspecified atom stereocenters. The molecule has 0 bridgehead atoms. The van der Waals surface area contributed by atoms with E-state index in [0.717, 1.165) is 27.9 Å². The monoisotopic (exact) mass is 480 g/mol. The number of rotatable bonds is 4. The highest BCUT2D eigenvalue weighted by Crippen LogP contribution is 2.32. The van der Waals surface area contributed by atoms with Crippen LogP contribution in [0.4, 0.5) is 0 Å². The van der Waals surface area contributed by atoms with Crippen molar-refractivity contribution < 1.29 is 0 Å². The number of fused-ring (bicyclic) bond motifs is 3. The summed E-state index contributed by atoms with van der Waals surface area (Å²) < 4.78 is 3.59. The van der Waals surface area contributed by atoms with Crippen LogP contribution in [0.15, 0.2) is 70.6 Å². The third kappa shape index (κ3) is 3.39. The fraction of sp³-hybridized carbons (Fsp3) is 0.125. The number of nitrogens with zero attached hydrogens (tertiary/aromatic N) is 4. The second-order valence-electron chi connectivity index (χ2n) is 7.50. The molecule has 5 aromatic rings. The third-order valence-corrected chi connectivity index (χ3v) is 7.13. The fourth-order valence-electron chi connectivity index (χ4n) is 3.94. The molecule has 0 atom stereocenters. The third-order valence-electron chi connectivity index (χ3n) is 5.47. The Kier molecular flexibility index (Phi) is 5.45. The van der Waals surface area contributed by atoms with Gasteiger partial charge in [0.15, 0.2) is 5.16 Å². The Labute approximate surface area is 198 Å². The molecule has 2 heterocycles. The van der Waals surface area contributed by atoms with Gasteiger partial charge in [-0.2, -0.15) is 0 Å². The normalized spacial score (nSPS) is 11.5. The van der Waals surface area contributed by atoms with E-state index in [1.165, 1.54) is 11.8 Å². The molecule has 0 saturated heterocycles. The van der Waals surface area contributed by atoms with Crippen molar-refractivity contribution in [1.82, 2.24) is 19.2 Å². The average molecular weight is 481 g/mol. The van der Waals surface area contributed by atoms with Gasteiger partial charge >= 0.3 is 0 Å². The fourth-order valence-corrected chi connectivity index (χ4v) is 5.62. The Morgan fingerprint density at radius 2 is 1.53 bits per heavy atom. The number of hydrogen-bond donors (Lipinski definition) is 0. The molecule has 160 valence electrons. The van der Waals surface area contributed by atoms with E-state index in [1.807, 2.05) is 78.9 Å². The molecule has 32 heavy (non-hydrogen) atoms. The molecule has 0 aliphatic heterocycles. The van der Waals surface area contributed by atoms with Crippen LogP contribution in [0, 0.1) is 13.8 Å². The number of aromatic nitrogens is 4. The molecule has 0 spiro atoms. The van der Waals surface area contributed by atoms with Crippen molar-refractivity contribution in [3.05, 3.63) is 97.8 Å².